The Bertz CT molecular complexity index is 384. The molecule has 0 radical (unpaired) electrons. The molecule has 1 aromatic rings. The molecule has 0 heterocycles. The number of hydrogen-bond donors (Lipinski definition) is 3. The van der Waals surface area contributed by atoms with Crippen molar-refractivity contribution in [1.82, 2.24) is 5.32 Å². The molecule has 1 atom stereocenters. The van der Waals surface area contributed by atoms with Crippen molar-refractivity contribution in [3.05, 3.63) is 23.8 Å². The summed E-state index contributed by atoms with van der Waals surface area (Å²) in [5, 5.41) is 21.0. The Labute approximate surface area is 120 Å². The summed E-state index contributed by atoms with van der Waals surface area (Å²) in [4.78, 5) is 0. The van der Waals surface area contributed by atoms with E-state index in [1.807, 2.05) is 32.0 Å². The van der Waals surface area contributed by atoms with Crippen LogP contribution in [0, 0.1) is 0 Å². The first kappa shape index (κ1) is 16.8. The second-order valence-electron chi connectivity index (χ2n) is 4.44. The standard InChI is InChI=1S/C15H25NO4/c1-3-19-14-6-5-12(9-15(14)20-4-2)7-8-16-10-13(18)11-17/h5-6,9,13,16-18H,3-4,7-8,10-11H2,1-2H3. The van der Waals surface area contributed by atoms with Gasteiger partial charge in [-0.1, -0.05) is 6.07 Å². The van der Waals surface area contributed by atoms with E-state index in [0.717, 1.165) is 30.0 Å². The third-order valence-corrected chi connectivity index (χ3v) is 2.79. The highest BCUT2D eigenvalue weighted by Gasteiger charge is 2.06. The fourth-order valence-electron chi connectivity index (χ4n) is 1.82. The first-order valence-electron chi connectivity index (χ1n) is 7.09. The lowest BCUT2D eigenvalue weighted by Gasteiger charge is -2.13. The lowest BCUT2D eigenvalue weighted by Crippen LogP contribution is -2.30. The molecular weight excluding hydrogens is 258 g/mol. The smallest absolute Gasteiger partial charge is 0.161 e. The van der Waals surface area contributed by atoms with Gasteiger partial charge in [0, 0.05) is 6.54 Å². The zero-order valence-electron chi connectivity index (χ0n) is 12.3. The van der Waals surface area contributed by atoms with E-state index in [0.29, 0.717) is 19.8 Å². The SMILES string of the molecule is CCOc1ccc(CCNCC(O)CO)cc1OCC. The molecule has 0 aromatic heterocycles. The van der Waals surface area contributed by atoms with Gasteiger partial charge in [0.1, 0.15) is 0 Å². The van der Waals surface area contributed by atoms with Crippen LogP contribution < -0.4 is 14.8 Å². The molecule has 0 bridgehead atoms. The average Bonchev–Trinajstić information content (AvgIpc) is 2.46. The minimum atomic E-state index is -0.700. The van der Waals surface area contributed by atoms with Gasteiger partial charge >= 0.3 is 0 Å². The summed E-state index contributed by atoms with van der Waals surface area (Å²) >= 11 is 0. The highest BCUT2D eigenvalue weighted by atomic mass is 16.5. The maximum Gasteiger partial charge on any atom is 0.161 e. The lowest BCUT2D eigenvalue weighted by atomic mass is 10.1. The van der Waals surface area contributed by atoms with Crippen LogP contribution in [0.2, 0.25) is 0 Å². The number of aliphatic hydroxyl groups is 2. The van der Waals surface area contributed by atoms with Crippen molar-refractivity contribution in [3.8, 4) is 11.5 Å². The van der Waals surface area contributed by atoms with E-state index >= 15 is 0 Å². The Morgan fingerprint density at radius 2 is 1.85 bits per heavy atom. The van der Waals surface area contributed by atoms with Crippen LogP contribution in [0.15, 0.2) is 18.2 Å². The second-order valence-corrected chi connectivity index (χ2v) is 4.44. The topological polar surface area (TPSA) is 71.0 Å². The molecule has 0 aliphatic rings. The van der Waals surface area contributed by atoms with E-state index in [9.17, 15) is 5.11 Å². The van der Waals surface area contributed by atoms with Crippen LogP contribution in [0.1, 0.15) is 19.4 Å². The molecular formula is C15H25NO4. The zero-order valence-corrected chi connectivity index (χ0v) is 12.3. The van der Waals surface area contributed by atoms with Crippen molar-refractivity contribution in [1.29, 1.82) is 0 Å². The quantitative estimate of drug-likeness (QED) is 0.558. The molecule has 20 heavy (non-hydrogen) atoms. The van der Waals surface area contributed by atoms with Crippen LogP contribution in [0.4, 0.5) is 0 Å². The predicted molar refractivity (Wildman–Crippen MR) is 78.4 cm³/mol. The van der Waals surface area contributed by atoms with Crippen molar-refractivity contribution >= 4 is 0 Å². The number of rotatable bonds is 10. The molecule has 0 fully saturated rings. The summed E-state index contributed by atoms with van der Waals surface area (Å²) in [6.07, 6.45) is 0.124. The molecule has 1 rings (SSSR count). The molecule has 1 aromatic carbocycles. The summed E-state index contributed by atoms with van der Waals surface area (Å²) in [5.41, 5.74) is 1.14. The molecule has 0 saturated heterocycles. The Morgan fingerprint density at radius 1 is 1.15 bits per heavy atom. The zero-order chi connectivity index (χ0) is 14.8. The van der Waals surface area contributed by atoms with Gasteiger partial charge in [-0.05, 0) is 44.5 Å². The van der Waals surface area contributed by atoms with Gasteiger partial charge in [-0.3, -0.25) is 0 Å². The fourth-order valence-corrected chi connectivity index (χ4v) is 1.82. The van der Waals surface area contributed by atoms with Crippen LogP contribution >= 0.6 is 0 Å². The normalized spacial score (nSPS) is 12.2. The van der Waals surface area contributed by atoms with Gasteiger partial charge in [-0.25, -0.2) is 0 Å². The van der Waals surface area contributed by atoms with E-state index in [1.165, 1.54) is 0 Å². The van der Waals surface area contributed by atoms with Crippen LogP contribution in [-0.2, 0) is 6.42 Å². The number of benzene rings is 1. The van der Waals surface area contributed by atoms with Crippen LogP contribution in [-0.4, -0.2) is 49.2 Å². The maximum absolute atomic E-state index is 9.22. The molecule has 0 amide bonds. The molecule has 1 unspecified atom stereocenters. The molecule has 0 aliphatic carbocycles. The Hall–Kier alpha value is -1.30. The molecule has 5 nitrogen and oxygen atoms in total. The van der Waals surface area contributed by atoms with Gasteiger partial charge in [0.05, 0.1) is 25.9 Å². The Balaban J connectivity index is 2.51. The summed E-state index contributed by atoms with van der Waals surface area (Å²) in [6, 6.07) is 5.92. The summed E-state index contributed by atoms with van der Waals surface area (Å²) in [6.45, 7) is 6.01. The first-order valence-corrected chi connectivity index (χ1v) is 7.09. The van der Waals surface area contributed by atoms with Crippen molar-refractivity contribution in [2.45, 2.75) is 26.4 Å². The number of nitrogens with one attached hydrogen (secondary N) is 1. The van der Waals surface area contributed by atoms with Gasteiger partial charge in [-0.2, -0.15) is 0 Å². The van der Waals surface area contributed by atoms with E-state index in [4.69, 9.17) is 14.6 Å². The van der Waals surface area contributed by atoms with Gasteiger partial charge < -0.3 is 25.0 Å². The second kappa shape index (κ2) is 9.58. The largest absolute Gasteiger partial charge is 0.490 e. The number of hydrogen-bond acceptors (Lipinski definition) is 5. The van der Waals surface area contributed by atoms with E-state index in [-0.39, 0.29) is 6.61 Å². The molecule has 114 valence electrons. The van der Waals surface area contributed by atoms with Crippen LogP contribution in [0.5, 0.6) is 11.5 Å². The third-order valence-electron chi connectivity index (χ3n) is 2.79. The Kier molecular flexibility index (Phi) is 8.02. The van der Waals surface area contributed by atoms with Crippen molar-refractivity contribution < 1.29 is 19.7 Å². The molecule has 5 heteroatoms. The first-order chi connectivity index (χ1) is 9.71. The summed E-state index contributed by atoms with van der Waals surface area (Å²) in [5.74, 6) is 1.53. The number of ether oxygens (including phenoxy) is 2. The van der Waals surface area contributed by atoms with Crippen molar-refractivity contribution in [3.63, 3.8) is 0 Å². The summed E-state index contributed by atoms with van der Waals surface area (Å²) < 4.78 is 11.1. The molecule has 3 N–H and O–H groups in total. The molecule has 0 aliphatic heterocycles. The molecule has 0 spiro atoms. The highest BCUT2D eigenvalue weighted by molar-refractivity contribution is 5.43. The highest BCUT2D eigenvalue weighted by Crippen LogP contribution is 2.28. The fraction of sp³-hybridized carbons (Fsp3) is 0.600. The average molecular weight is 283 g/mol. The number of aliphatic hydroxyl groups excluding tert-OH is 2. The maximum atomic E-state index is 9.22. The van der Waals surface area contributed by atoms with E-state index in [2.05, 4.69) is 5.32 Å². The Morgan fingerprint density at radius 3 is 2.50 bits per heavy atom. The van der Waals surface area contributed by atoms with Gasteiger partial charge in [0.15, 0.2) is 11.5 Å². The van der Waals surface area contributed by atoms with Gasteiger partial charge in [-0.15, -0.1) is 0 Å². The van der Waals surface area contributed by atoms with Crippen LogP contribution in [0.25, 0.3) is 0 Å². The van der Waals surface area contributed by atoms with Crippen molar-refractivity contribution in [2.75, 3.05) is 32.9 Å². The molecule has 0 saturated carbocycles. The monoisotopic (exact) mass is 283 g/mol. The minimum Gasteiger partial charge on any atom is -0.490 e. The third kappa shape index (κ3) is 5.77. The van der Waals surface area contributed by atoms with E-state index in [1.54, 1.807) is 0 Å². The van der Waals surface area contributed by atoms with Crippen molar-refractivity contribution in [2.24, 2.45) is 0 Å². The van der Waals surface area contributed by atoms with E-state index < -0.39 is 6.10 Å². The summed E-state index contributed by atoms with van der Waals surface area (Å²) in [7, 11) is 0. The lowest BCUT2D eigenvalue weighted by molar-refractivity contribution is 0.0947. The minimum absolute atomic E-state index is 0.218. The van der Waals surface area contributed by atoms with Gasteiger partial charge in [0.2, 0.25) is 0 Å². The van der Waals surface area contributed by atoms with Crippen LogP contribution in [0.3, 0.4) is 0 Å². The predicted octanol–water partition coefficient (Wildman–Crippen LogP) is 0.969. The van der Waals surface area contributed by atoms with Gasteiger partial charge in [0.25, 0.3) is 0 Å².